The molecule has 0 N–H and O–H groups in total. The van der Waals surface area contributed by atoms with Crippen LogP contribution in [0.1, 0.15) is 27.7 Å². The predicted octanol–water partition coefficient (Wildman–Crippen LogP) is 1.23. The van der Waals surface area contributed by atoms with E-state index in [-0.39, 0.29) is 0 Å². The van der Waals surface area contributed by atoms with Crippen molar-refractivity contribution in [2.24, 2.45) is 0 Å². The van der Waals surface area contributed by atoms with E-state index in [0.29, 0.717) is 12.1 Å². The molecule has 1 rings (SSSR count). The molecule has 1 saturated heterocycles. The Bertz CT molecular complexity index is 140. The quantitative estimate of drug-likeness (QED) is 0.640. The van der Waals surface area contributed by atoms with Crippen LogP contribution < -0.4 is 0 Å². The molecule has 0 radical (unpaired) electrons. The van der Waals surface area contributed by atoms with Crippen molar-refractivity contribution in [3.63, 3.8) is 0 Å². The van der Waals surface area contributed by atoms with E-state index in [1.807, 2.05) is 0 Å². The van der Waals surface area contributed by atoms with Crippen molar-refractivity contribution < 1.29 is 0 Å². The summed E-state index contributed by atoms with van der Waals surface area (Å²) >= 11 is 0. The Morgan fingerprint density at radius 2 is 1.15 bits per heavy atom. The number of rotatable bonds is 2. The third-order valence-corrected chi connectivity index (χ3v) is 2.67. The monoisotopic (exact) mass is 185 g/mol. The molecule has 0 aliphatic carbocycles. The van der Waals surface area contributed by atoms with Crippen molar-refractivity contribution in [3.8, 4) is 0 Å². The average molecular weight is 185 g/mol. The second kappa shape index (κ2) is 4.40. The van der Waals surface area contributed by atoms with Crippen LogP contribution in [0.5, 0.6) is 0 Å². The molecule has 78 valence electrons. The summed E-state index contributed by atoms with van der Waals surface area (Å²) < 4.78 is 0. The van der Waals surface area contributed by atoms with E-state index in [1.165, 1.54) is 0 Å². The number of hydrogen-bond acceptors (Lipinski definition) is 3. The number of hydrogen-bond donors (Lipinski definition) is 0. The lowest BCUT2D eigenvalue weighted by Gasteiger charge is -2.44. The van der Waals surface area contributed by atoms with Gasteiger partial charge in [0, 0.05) is 12.1 Å². The Kier molecular flexibility index (Phi) is 3.71. The van der Waals surface area contributed by atoms with Gasteiger partial charge in [0.25, 0.3) is 0 Å². The molecule has 0 amide bonds. The Morgan fingerprint density at radius 3 is 1.46 bits per heavy atom. The van der Waals surface area contributed by atoms with Crippen LogP contribution in [0.25, 0.3) is 0 Å². The van der Waals surface area contributed by atoms with Gasteiger partial charge in [-0.25, -0.2) is 0 Å². The van der Waals surface area contributed by atoms with Crippen LogP contribution in [0.4, 0.5) is 0 Å². The van der Waals surface area contributed by atoms with Gasteiger partial charge in [0.2, 0.25) is 0 Å². The van der Waals surface area contributed by atoms with Crippen LogP contribution >= 0.6 is 0 Å². The summed E-state index contributed by atoms with van der Waals surface area (Å²) in [5.74, 6) is 0. The second-order valence-electron chi connectivity index (χ2n) is 4.65. The van der Waals surface area contributed by atoms with Gasteiger partial charge in [-0.3, -0.25) is 14.7 Å². The lowest BCUT2D eigenvalue weighted by Crippen LogP contribution is -2.57. The molecule has 0 unspecified atom stereocenters. The highest BCUT2D eigenvalue weighted by Gasteiger charge is 2.23. The Hall–Kier alpha value is -0.120. The summed E-state index contributed by atoms with van der Waals surface area (Å²) in [6.07, 6.45) is 0. The third kappa shape index (κ3) is 2.93. The van der Waals surface area contributed by atoms with Crippen molar-refractivity contribution in [1.82, 2.24) is 14.7 Å². The van der Waals surface area contributed by atoms with Crippen LogP contribution in [0.15, 0.2) is 0 Å². The maximum Gasteiger partial charge on any atom is 0.0535 e. The summed E-state index contributed by atoms with van der Waals surface area (Å²) in [7, 11) is 2.18. The zero-order chi connectivity index (χ0) is 10.0. The Balaban J connectivity index is 2.52. The minimum Gasteiger partial charge on any atom is -0.280 e. The largest absolute Gasteiger partial charge is 0.280 e. The molecule has 0 spiro atoms. The molecule has 1 aliphatic heterocycles. The van der Waals surface area contributed by atoms with Crippen molar-refractivity contribution >= 4 is 0 Å². The summed E-state index contributed by atoms with van der Waals surface area (Å²) in [4.78, 5) is 7.34. The smallest absolute Gasteiger partial charge is 0.0535 e. The van der Waals surface area contributed by atoms with Crippen LogP contribution in [-0.4, -0.2) is 53.8 Å². The zero-order valence-corrected chi connectivity index (χ0v) is 9.62. The van der Waals surface area contributed by atoms with Gasteiger partial charge < -0.3 is 0 Å². The minimum absolute atomic E-state index is 0.643. The van der Waals surface area contributed by atoms with Gasteiger partial charge in [0.1, 0.15) is 0 Å². The van der Waals surface area contributed by atoms with Gasteiger partial charge in [0.05, 0.1) is 20.0 Å². The van der Waals surface area contributed by atoms with Gasteiger partial charge >= 0.3 is 0 Å². The minimum atomic E-state index is 0.643. The second-order valence-corrected chi connectivity index (χ2v) is 4.65. The first kappa shape index (κ1) is 11.0. The average Bonchev–Trinajstić information content (AvgIpc) is 2.03. The molecule has 1 heterocycles. The molecular formula is C10H23N3. The van der Waals surface area contributed by atoms with Crippen LogP contribution in [0.2, 0.25) is 0 Å². The number of nitrogens with zero attached hydrogens (tertiary/aromatic N) is 3. The van der Waals surface area contributed by atoms with E-state index in [4.69, 9.17) is 0 Å². The highest BCUT2D eigenvalue weighted by atomic mass is 15.5. The standard InChI is InChI=1S/C10H23N3/c1-9(2)12-6-11(5)7-13(8-12)10(3)4/h9-10H,6-8H2,1-5H3. The lowest BCUT2D eigenvalue weighted by molar-refractivity contribution is -0.0458. The van der Waals surface area contributed by atoms with Crippen molar-refractivity contribution in [3.05, 3.63) is 0 Å². The molecule has 0 aromatic rings. The summed E-state index contributed by atoms with van der Waals surface area (Å²) in [6, 6.07) is 1.29. The molecule has 0 aromatic heterocycles. The van der Waals surface area contributed by atoms with Gasteiger partial charge in [-0.1, -0.05) is 0 Å². The summed E-state index contributed by atoms with van der Waals surface area (Å²) in [6.45, 7) is 12.4. The lowest BCUT2D eigenvalue weighted by atomic mass is 10.3. The fourth-order valence-electron chi connectivity index (χ4n) is 1.64. The first-order chi connectivity index (χ1) is 6.00. The van der Waals surface area contributed by atoms with E-state index in [0.717, 1.165) is 20.0 Å². The molecule has 3 heteroatoms. The van der Waals surface area contributed by atoms with Crippen LogP contribution in [-0.2, 0) is 0 Å². The molecular weight excluding hydrogens is 162 g/mol. The first-order valence-electron chi connectivity index (χ1n) is 5.17. The van der Waals surface area contributed by atoms with Gasteiger partial charge in [-0.05, 0) is 34.7 Å². The topological polar surface area (TPSA) is 9.72 Å². The zero-order valence-electron chi connectivity index (χ0n) is 9.62. The first-order valence-corrected chi connectivity index (χ1v) is 5.17. The molecule has 0 bridgehead atoms. The Morgan fingerprint density at radius 1 is 0.769 bits per heavy atom. The van der Waals surface area contributed by atoms with Crippen molar-refractivity contribution in [1.29, 1.82) is 0 Å². The maximum absolute atomic E-state index is 2.49. The molecule has 0 aromatic carbocycles. The molecule has 0 atom stereocenters. The van der Waals surface area contributed by atoms with E-state index < -0.39 is 0 Å². The SMILES string of the molecule is CC(C)N1CN(C)CN(C(C)C)C1. The normalized spacial score (nSPS) is 23.3. The maximum atomic E-state index is 2.49. The van der Waals surface area contributed by atoms with Gasteiger partial charge in [-0.15, -0.1) is 0 Å². The highest BCUT2D eigenvalue weighted by molar-refractivity contribution is 4.71. The van der Waals surface area contributed by atoms with Gasteiger partial charge in [-0.2, -0.15) is 0 Å². The molecule has 1 aliphatic rings. The third-order valence-electron chi connectivity index (χ3n) is 2.67. The van der Waals surface area contributed by atoms with Crippen LogP contribution in [0, 0.1) is 0 Å². The Labute approximate surface area is 82.3 Å². The van der Waals surface area contributed by atoms with Crippen molar-refractivity contribution in [2.45, 2.75) is 39.8 Å². The molecule has 3 nitrogen and oxygen atoms in total. The van der Waals surface area contributed by atoms with E-state index in [9.17, 15) is 0 Å². The summed E-state index contributed by atoms with van der Waals surface area (Å²) in [5.41, 5.74) is 0. The van der Waals surface area contributed by atoms with Crippen LogP contribution in [0.3, 0.4) is 0 Å². The predicted molar refractivity (Wildman–Crippen MR) is 56.3 cm³/mol. The van der Waals surface area contributed by atoms with E-state index in [1.54, 1.807) is 0 Å². The van der Waals surface area contributed by atoms with E-state index in [2.05, 4.69) is 49.4 Å². The van der Waals surface area contributed by atoms with Crippen molar-refractivity contribution in [2.75, 3.05) is 27.1 Å². The summed E-state index contributed by atoms with van der Waals surface area (Å²) in [5, 5.41) is 0. The molecule has 0 saturated carbocycles. The molecule has 1 fully saturated rings. The fraction of sp³-hybridized carbons (Fsp3) is 1.00. The van der Waals surface area contributed by atoms with E-state index >= 15 is 0 Å². The van der Waals surface area contributed by atoms with Gasteiger partial charge in [0.15, 0.2) is 0 Å². The fourth-order valence-corrected chi connectivity index (χ4v) is 1.64. The molecule has 13 heavy (non-hydrogen) atoms. The highest BCUT2D eigenvalue weighted by Crippen LogP contribution is 2.11.